The predicted molar refractivity (Wildman–Crippen MR) is 47.1 cm³/mol. The molecule has 7 heteroatoms. The number of alkyl halides is 3. The Morgan fingerprint density at radius 2 is 1.71 bits per heavy atom. The number of rotatable bonds is 0. The maximum atomic E-state index is 11.9. The van der Waals surface area contributed by atoms with Crippen LogP contribution in [0, 0.1) is 0 Å². The highest BCUT2D eigenvalue weighted by atomic mass is 35.5. The number of nitrogens with zero attached hydrogens (tertiary/aromatic N) is 1. The van der Waals surface area contributed by atoms with Crippen LogP contribution in [0.15, 0.2) is 0 Å². The maximum absolute atomic E-state index is 11.9. The van der Waals surface area contributed by atoms with Gasteiger partial charge in [-0.2, -0.15) is 13.2 Å². The van der Waals surface area contributed by atoms with E-state index in [9.17, 15) is 18.0 Å². The predicted octanol–water partition coefficient (Wildman–Crippen LogP) is 0.920. The summed E-state index contributed by atoms with van der Waals surface area (Å²) in [6, 6.07) is -0.0720. The summed E-state index contributed by atoms with van der Waals surface area (Å²) in [5.74, 6) is -1.75. The molecule has 1 aliphatic heterocycles. The van der Waals surface area contributed by atoms with Crippen LogP contribution in [-0.4, -0.2) is 36.1 Å². The van der Waals surface area contributed by atoms with Gasteiger partial charge in [0.15, 0.2) is 0 Å². The third-order valence-corrected chi connectivity index (χ3v) is 2.07. The van der Waals surface area contributed by atoms with Crippen molar-refractivity contribution < 1.29 is 18.0 Å². The van der Waals surface area contributed by atoms with Crippen LogP contribution in [0.25, 0.3) is 0 Å². The van der Waals surface area contributed by atoms with Crippen molar-refractivity contribution in [3.05, 3.63) is 0 Å². The van der Waals surface area contributed by atoms with E-state index in [1.807, 2.05) is 0 Å². The molecule has 14 heavy (non-hydrogen) atoms. The summed E-state index contributed by atoms with van der Waals surface area (Å²) in [5.41, 5.74) is 5.49. The molecule has 0 saturated carbocycles. The molecule has 2 N–H and O–H groups in total. The van der Waals surface area contributed by atoms with Gasteiger partial charge < -0.3 is 10.6 Å². The van der Waals surface area contributed by atoms with Gasteiger partial charge in [-0.1, -0.05) is 0 Å². The number of piperidine rings is 1. The van der Waals surface area contributed by atoms with Gasteiger partial charge in [0.1, 0.15) is 0 Å². The zero-order valence-electron chi connectivity index (χ0n) is 7.38. The molecule has 0 aromatic rings. The average Bonchev–Trinajstić information content (AvgIpc) is 2.03. The number of nitrogens with two attached hydrogens (primary N) is 1. The minimum atomic E-state index is -4.75. The van der Waals surface area contributed by atoms with Gasteiger partial charge in [-0.25, -0.2) is 0 Å². The summed E-state index contributed by atoms with van der Waals surface area (Å²) in [6.45, 7) is 0.221. The molecule has 1 heterocycles. The second kappa shape index (κ2) is 4.84. The summed E-state index contributed by atoms with van der Waals surface area (Å²) < 4.78 is 35.7. The standard InChI is InChI=1S/C7H11F3N2O.ClH/c8-7(9,10)6(13)12-3-1-5(11)2-4-12;/h5H,1-4,11H2;1H. The molecule has 1 aliphatic rings. The fourth-order valence-corrected chi connectivity index (χ4v) is 1.28. The maximum Gasteiger partial charge on any atom is 0.471 e. The molecule has 1 amide bonds. The number of carbonyl (C=O) groups is 1. The SMILES string of the molecule is Cl.NC1CCN(C(=O)C(F)(F)F)CC1. The van der Waals surface area contributed by atoms with Crippen LogP contribution < -0.4 is 5.73 Å². The van der Waals surface area contributed by atoms with Crippen molar-refractivity contribution in [1.29, 1.82) is 0 Å². The van der Waals surface area contributed by atoms with Gasteiger partial charge in [0, 0.05) is 19.1 Å². The molecule has 1 rings (SSSR count). The van der Waals surface area contributed by atoms with Crippen LogP contribution in [0.3, 0.4) is 0 Å². The van der Waals surface area contributed by atoms with Gasteiger partial charge in [-0.15, -0.1) is 12.4 Å². The van der Waals surface area contributed by atoms with Crippen molar-refractivity contribution in [3.8, 4) is 0 Å². The number of hydrogen-bond acceptors (Lipinski definition) is 2. The zero-order valence-corrected chi connectivity index (χ0v) is 8.20. The Hall–Kier alpha value is -0.490. The first-order chi connectivity index (χ1) is 5.91. The van der Waals surface area contributed by atoms with E-state index in [-0.39, 0.29) is 31.5 Å². The quantitative estimate of drug-likeness (QED) is 0.675. The topological polar surface area (TPSA) is 46.3 Å². The molecule has 1 saturated heterocycles. The molecule has 0 atom stereocenters. The first-order valence-corrected chi connectivity index (χ1v) is 4.03. The average molecular weight is 233 g/mol. The molecular formula is C7H12ClF3N2O. The monoisotopic (exact) mass is 232 g/mol. The number of carbonyl (C=O) groups excluding carboxylic acids is 1. The summed E-state index contributed by atoms with van der Waals surface area (Å²) in [6.07, 6.45) is -3.86. The van der Waals surface area contributed by atoms with Gasteiger partial charge in [0.25, 0.3) is 0 Å². The third kappa shape index (κ3) is 3.34. The molecule has 0 bridgehead atoms. The molecular weight excluding hydrogens is 221 g/mol. The van der Waals surface area contributed by atoms with Crippen LogP contribution in [0.1, 0.15) is 12.8 Å². The van der Waals surface area contributed by atoms with E-state index in [1.54, 1.807) is 0 Å². The molecule has 0 aromatic carbocycles. The lowest BCUT2D eigenvalue weighted by atomic mass is 10.1. The van der Waals surface area contributed by atoms with Gasteiger partial charge >= 0.3 is 12.1 Å². The summed E-state index contributed by atoms with van der Waals surface area (Å²) in [7, 11) is 0. The van der Waals surface area contributed by atoms with Gasteiger partial charge in [-0.05, 0) is 12.8 Å². The Bertz CT molecular complexity index is 202. The van der Waals surface area contributed by atoms with Gasteiger partial charge in [-0.3, -0.25) is 4.79 Å². The Morgan fingerprint density at radius 3 is 2.07 bits per heavy atom. The van der Waals surface area contributed by atoms with Crippen molar-refractivity contribution in [1.82, 2.24) is 4.90 Å². The van der Waals surface area contributed by atoms with E-state index in [4.69, 9.17) is 5.73 Å². The van der Waals surface area contributed by atoms with Gasteiger partial charge in [0.2, 0.25) is 0 Å². The largest absolute Gasteiger partial charge is 0.471 e. The summed E-state index contributed by atoms with van der Waals surface area (Å²) in [4.78, 5) is 11.5. The van der Waals surface area contributed by atoms with Crippen molar-refractivity contribution in [2.75, 3.05) is 13.1 Å². The van der Waals surface area contributed by atoms with Gasteiger partial charge in [0.05, 0.1) is 0 Å². The number of hydrogen-bond donors (Lipinski definition) is 1. The Kier molecular flexibility index (Phi) is 4.67. The third-order valence-electron chi connectivity index (χ3n) is 2.07. The van der Waals surface area contributed by atoms with Crippen molar-refractivity contribution in [3.63, 3.8) is 0 Å². The smallest absolute Gasteiger partial charge is 0.335 e. The lowest BCUT2D eigenvalue weighted by Crippen LogP contribution is -2.47. The number of likely N-dealkylation sites (tertiary alicyclic amines) is 1. The first-order valence-electron chi connectivity index (χ1n) is 4.03. The summed E-state index contributed by atoms with van der Waals surface area (Å²) >= 11 is 0. The van der Waals surface area contributed by atoms with Crippen LogP contribution in [0.5, 0.6) is 0 Å². The van der Waals surface area contributed by atoms with E-state index in [2.05, 4.69) is 0 Å². The fraction of sp³-hybridized carbons (Fsp3) is 0.857. The highest BCUT2D eigenvalue weighted by Crippen LogP contribution is 2.20. The van der Waals surface area contributed by atoms with Crippen LogP contribution in [0.2, 0.25) is 0 Å². The summed E-state index contributed by atoms with van der Waals surface area (Å²) in [5, 5.41) is 0. The molecule has 1 fully saturated rings. The highest BCUT2D eigenvalue weighted by molar-refractivity contribution is 5.85. The van der Waals surface area contributed by atoms with E-state index < -0.39 is 12.1 Å². The second-order valence-electron chi connectivity index (χ2n) is 3.13. The highest BCUT2D eigenvalue weighted by Gasteiger charge is 2.42. The molecule has 0 aliphatic carbocycles. The number of halogens is 4. The van der Waals surface area contributed by atoms with E-state index in [1.165, 1.54) is 0 Å². The normalized spacial score (nSPS) is 19.0. The van der Waals surface area contributed by atoms with E-state index in [0.29, 0.717) is 12.8 Å². The van der Waals surface area contributed by atoms with E-state index in [0.717, 1.165) is 4.90 Å². The first kappa shape index (κ1) is 13.5. The fourth-order valence-electron chi connectivity index (χ4n) is 1.28. The molecule has 3 nitrogen and oxygen atoms in total. The van der Waals surface area contributed by atoms with Crippen LogP contribution in [-0.2, 0) is 4.79 Å². The minimum absolute atomic E-state index is 0. The Morgan fingerprint density at radius 1 is 1.29 bits per heavy atom. The lowest BCUT2D eigenvalue weighted by molar-refractivity contribution is -0.186. The molecule has 0 radical (unpaired) electrons. The molecule has 0 unspecified atom stereocenters. The molecule has 0 aromatic heterocycles. The van der Waals surface area contributed by atoms with Crippen molar-refractivity contribution in [2.24, 2.45) is 5.73 Å². The zero-order chi connectivity index (χ0) is 10.1. The second-order valence-corrected chi connectivity index (χ2v) is 3.13. The Labute approximate surface area is 85.8 Å². The van der Waals surface area contributed by atoms with Crippen LogP contribution in [0.4, 0.5) is 13.2 Å². The molecule has 84 valence electrons. The Balaban J connectivity index is 0.00000169. The lowest BCUT2D eigenvalue weighted by Gasteiger charge is -2.30. The van der Waals surface area contributed by atoms with Crippen molar-refractivity contribution in [2.45, 2.75) is 25.1 Å². The van der Waals surface area contributed by atoms with Crippen molar-refractivity contribution >= 4 is 18.3 Å². The number of amides is 1. The van der Waals surface area contributed by atoms with Crippen LogP contribution >= 0.6 is 12.4 Å². The molecule has 0 spiro atoms. The van der Waals surface area contributed by atoms with E-state index >= 15 is 0 Å². The minimum Gasteiger partial charge on any atom is -0.335 e.